The Morgan fingerprint density at radius 1 is 1.12 bits per heavy atom. The molecule has 1 aromatic carbocycles. The van der Waals surface area contributed by atoms with Crippen molar-refractivity contribution >= 4 is 42.5 Å². The van der Waals surface area contributed by atoms with Gasteiger partial charge in [-0.05, 0) is 56.5 Å². The van der Waals surface area contributed by atoms with Crippen molar-refractivity contribution in [3.63, 3.8) is 0 Å². The fourth-order valence-electron chi connectivity index (χ4n) is 5.85. The molecule has 0 aliphatic carbocycles. The number of amides is 2. The highest BCUT2D eigenvalue weighted by atomic mass is 35.5. The second kappa shape index (κ2) is 12.2. The number of aromatic nitrogens is 1. The molecule has 3 aliphatic rings. The number of rotatable bonds is 6. The third-order valence-corrected chi connectivity index (χ3v) is 7.72. The Kier molecular flexibility index (Phi) is 9.77. The molecule has 2 fully saturated rings. The summed E-state index contributed by atoms with van der Waals surface area (Å²) >= 11 is 0. The zero-order valence-electron chi connectivity index (χ0n) is 23.8. The maximum absolute atomic E-state index is 13.8. The smallest absolute Gasteiger partial charge is 0.410 e. The van der Waals surface area contributed by atoms with Gasteiger partial charge in [0.15, 0.2) is 0 Å². The van der Waals surface area contributed by atoms with Crippen LogP contribution >= 0.6 is 24.8 Å². The second-order valence-electron chi connectivity index (χ2n) is 12.3. The molecule has 220 valence electrons. The largest absolute Gasteiger partial charge is 0.441 e. The summed E-state index contributed by atoms with van der Waals surface area (Å²) in [6.45, 7) is 13.5. The first-order valence-corrected chi connectivity index (χ1v) is 13.4. The van der Waals surface area contributed by atoms with E-state index in [-0.39, 0.29) is 66.7 Å². The number of benzene rings is 1. The summed E-state index contributed by atoms with van der Waals surface area (Å²) in [5.74, 6) is -0.230. The van der Waals surface area contributed by atoms with Gasteiger partial charge in [0.1, 0.15) is 11.4 Å². The first-order chi connectivity index (χ1) is 17.9. The number of ether oxygens (including phenoxy) is 1. The van der Waals surface area contributed by atoms with Gasteiger partial charge >= 0.3 is 6.09 Å². The van der Waals surface area contributed by atoms with Crippen LogP contribution in [-0.2, 0) is 21.4 Å². The molecule has 3 aliphatic heterocycles. The highest BCUT2D eigenvalue weighted by molar-refractivity contribution is 5.97. The van der Waals surface area contributed by atoms with E-state index in [0.717, 1.165) is 29.1 Å². The van der Waals surface area contributed by atoms with Crippen LogP contribution in [0.3, 0.4) is 0 Å². The average molecular weight is 597 g/mol. The van der Waals surface area contributed by atoms with Crippen LogP contribution in [0.5, 0.6) is 0 Å². The van der Waals surface area contributed by atoms with Gasteiger partial charge in [-0.25, -0.2) is 9.18 Å². The van der Waals surface area contributed by atoms with Gasteiger partial charge in [0, 0.05) is 49.9 Å². The van der Waals surface area contributed by atoms with E-state index < -0.39 is 5.60 Å². The second-order valence-corrected chi connectivity index (χ2v) is 12.3. The first kappa shape index (κ1) is 32.1. The summed E-state index contributed by atoms with van der Waals surface area (Å²) in [4.78, 5) is 36.8. The van der Waals surface area contributed by atoms with Crippen molar-refractivity contribution in [1.82, 2.24) is 20.1 Å². The predicted octanol–water partition coefficient (Wildman–Crippen LogP) is 4.17. The molecule has 2 saturated heterocycles. The number of halogens is 3. The van der Waals surface area contributed by atoms with E-state index in [9.17, 15) is 14.0 Å². The Balaban J connectivity index is 0.00000220. The Hall–Kier alpha value is -2.46. The minimum Gasteiger partial charge on any atom is -0.441 e. The molecule has 5 rings (SSSR count). The standard InChI is InChI=1S/C29H38FN5O3.2ClH/c1-19-14-33(23(13-31-19)15-34-18-29(4,5)38-27(34)37)16-25(36)35-17-28(2,3)26-24(35)11-21(12-32-26)10-20-6-8-22(30)9-7-20;;/h6-9,11-12,19,23,31H,10,13-18H2,1-5H3;2*1H/t19-,23-;;/m1../s1. The van der Waals surface area contributed by atoms with Gasteiger partial charge < -0.3 is 19.9 Å². The van der Waals surface area contributed by atoms with Crippen LogP contribution < -0.4 is 10.2 Å². The summed E-state index contributed by atoms with van der Waals surface area (Å²) in [6, 6.07) is 8.78. The lowest BCUT2D eigenvalue weighted by molar-refractivity contribution is -0.120. The molecule has 0 unspecified atom stereocenters. The Bertz CT molecular complexity index is 1230. The van der Waals surface area contributed by atoms with E-state index in [1.54, 1.807) is 17.0 Å². The number of hydrogen-bond acceptors (Lipinski definition) is 6. The number of anilines is 1. The quantitative estimate of drug-likeness (QED) is 0.540. The van der Waals surface area contributed by atoms with Crippen molar-refractivity contribution in [1.29, 1.82) is 0 Å². The van der Waals surface area contributed by atoms with Gasteiger partial charge in [0.05, 0.1) is 24.5 Å². The number of hydrogen-bond donors (Lipinski definition) is 1. The Morgan fingerprint density at radius 2 is 1.82 bits per heavy atom. The maximum atomic E-state index is 13.8. The molecule has 11 heteroatoms. The van der Waals surface area contributed by atoms with Gasteiger partial charge in [-0.1, -0.05) is 26.0 Å². The number of carbonyl (C=O) groups excluding carboxylic acids is 2. The van der Waals surface area contributed by atoms with Gasteiger partial charge in [0.25, 0.3) is 0 Å². The van der Waals surface area contributed by atoms with Gasteiger partial charge in [-0.15, -0.1) is 24.8 Å². The summed E-state index contributed by atoms with van der Waals surface area (Å²) in [5, 5.41) is 3.50. The number of carbonyl (C=O) groups is 2. The molecule has 40 heavy (non-hydrogen) atoms. The SMILES string of the molecule is C[C@@H]1CN(CC(=O)N2CC(C)(C)c3ncc(Cc4ccc(F)cc4)cc32)[C@@H](CN2CC(C)(C)OC2=O)CN1.Cl.Cl. The van der Waals surface area contributed by atoms with E-state index in [1.807, 2.05) is 24.9 Å². The highest BCUT2D eigenvalue weighted by Gasteiger charge is 2.42. The van der Waals surface area contributed by atoms with E-state index >= 15 is 0 Å². The summed E-state index contributed by atoms with van der Waals surface area (Å²) < 4.78 is 18.8. The summed E-state index contributed by atoms with van der Waals surface area (Å²) in [6.07, 6.45) is 2.18. The van der Waals surface area contributed by atoms with Crippen LogP contribution in [0, 0.1) is 5.82 Å². The molecule has 0 saturated carbocycles. The van der Waals surface area contributed by atoms with E-state index in [0.29, 0.717) is 32.6 Å². The lowest BCUT2D eigenvalue weighted by atomic mass is 9.91. The molecule has 0 spiro atoms. The third-order valence-electron chi connectivity index (χ3n) is 7.72. The number of nitrogens with one attached hydrogen (secondary N) is 1. The lowest BCUT2D eigenvalue weighted by Crippen LogP contribution is -2.61. The van der Waals surface area contributed by atoms with Gasteiger partial charge in [-0.3, -0.25) is 14.7 Å². The van der Waals surface area contributed by atoms with Crippen molar-refractivity contribution in [2.45, 2.75) is 64.1 Å². The van der Waals surface area contributed by atoms with Crippen LogP contribution in [0.4, 0.5) is 14.9 Å². The van der Waals surface area contributed by atoms with Crippen molar-refractivity contribution in [2.75, 3.05) is 44.2 Å². The minimum absolute atomic E-state index is 0. The molecule has 8 nitrogen and oxygen atoms in total. The van der Waals surface area contributed by atoms with Crippen molar-refractivity contribution < 1.29 is 18.7 Å². The normalized spacial score (nSPS) is 23.2. The van der Waals surface area contributed by atoms with Crippen LogP contribution in [0.2, 0.25) is 0 Å². The third kappa shape index (κ3) is 6.87. The molecule has 2 amide bonds. The summed E-state index contributed by atoms with van der Waals surface area (Å²) in [7, 11) is 0. The molecular formula is C29H40Cl2FN5O3. The molecular weight excluding hydrogens is 556 g/mol. The molecule has 0 radical (unpaired) electrons. The summed E-state index contributed by atoms with van der Waals surface area (Å²) in [5.41, 5.74) is 2.97. The van der Waals surface area contributed by atoms with Crippen molar-refractivity contribution in [3.05, 3.63) is 59.2 Å². The molecule has 4 heterocycles. The number of nitrogens with zero attached hydrogens (tertiary/aromatic N) is 4. The Labute approximate surface area is 248 Å². The van der Waals surface area contributed by atoms with Crippen LogP contribution in [-0.4, -0.2) is 83.7 Å². The molecule has 1 aromatic heterocycles. The molecule has 2 aromatic rings. The van der Waals surface area contributed by atoms with E-state index in [2.05, 4.69) is 37.1 Å². The average Bonchev–Trinajstić information content (AvgIpc) is 3.27. The van der Waals surface area contributed by atoms with Crippen LogP contribution in [0.25, 0.3) is 0 Å². The monoisotopic (exact) mass is 595 g/mol. The molecule has 2 atom stereocenters. The van der Waals surface area contributed by atoms with E-state index in [4.69, 9.17) is 9.72 Å². The van der Waals surface area contributed by atoms with Crippen molar-refractivity contribution in [2.24, 2.45) is 0 Å². The van der Waals surface area contributed by atoms with Gasteiger partial charge in [0.2, 0.25) is 5.91 Å². The number of pyridine rings is 1. The first-order valence-electron chi connectivity index (χ1n) is 13.4. The maximum Gasteiger partial charge on any atom is 0.410 e. The zero-order valence-corrected chi connectivity index (χ0v) is 25.4. The topological polar surface area (TPSA) is 78.0 Å². The Morgan fingerprint density at radius 3 is 2.48 bits per heavy atom. The zero-order chi connectivity index (χ0) is 27.2. The fourth-order valence-corrected chi connectivity index (χ4v) is 5.85. The lowest BCUT2D eigenvalue weighted by Gasteiger charge is -2.40. The number of cyclic esters (lactones) is 1. The van der Waals surface area contributed by atoms with Gasteiger partial charge in [-0.2, -0.15) is 0 Å². The molecule has 0 bridgehead atoms. The molecule has 1 N–H and O–H groups in total. The minimum atomic E-state index is -0.503. The van der Waals surface area contributed by atoms with E-state index in [1.165, 1.54) is 12.1 Å². The predicted molar refractivity (Wildman–Crippen MR) is 158 cm³/mol. The van der Waals surface area contributed by atoms with Crippen molar-refractivity contribution in [3.8, 4) is 0 Å². The number of fused-ring (bicyclic) bond motifs is 1. The number of piperazine rings is 1. The fraction of sp³-hybridized carbons (Fsp3) is 0.552. The highest BCUT2D eigenvalue weighted by Crippen LogP contribution is 2.40. The van der Waals surface area contributed by atoms with Crippen LogP contribution in [0.15, 0.2) is 36.5 Å². The van der Waals surface area contributed by atoms with Crippen LogP contribution in [0.1, 0.15) is 51.4 Å².